The first-order valence-corrected chi connectivity index (χ1v) is 3.61. The molecule has 2 heteroatoms. The second-order valence-corrected chi connectivity index (χ2v) is 2.31. The van der Waals surface area contributed by atoms with E-state index in [-0.39, 0.29) is 24.6 Å². The van der Waals surface area contributed by atoms with Crippen LogP contribution in [-0.2, 0) is 0 Å². The summed E-state index contributed by atoms with van der Waals surface area (Å²) >= 11 is 0. The molecular weight excluding hydrogens is 119 g/mol. The summed E-state index contributed by atoms with van der Waals surface area (Å²) in [6.45, 7) is 3.76. The van der Waals surface area contributed by atoms with Gasteiger partial charge in [0.2, 0.25) is 0 Å². The Morgan fingerprint density at radius 1 is 1.40 bits per heavy atom. The quantitative estimate of drug-likeness (QED) is 0.270. The van der Waals surface area contributed by atoms with E-state index in [9.17, 15) is 5.11 Å². The first-order chi connectivity index (χ1) is 4.27. The molecule has 0 heterocycles. The summed E-state index contributed by atoms with van der Waals surface area (Å²) in [4.78, 5) is 0. The molecule has 0 saturated heterocycles. The minimum absolute atomic E-state index is 0. The van der Waals surface area contributed by atoms with Gasteiger partial charge < -0.3 is 5.11 Å². The molecule has 0 atom stereocenters. The van der Waals surface area contributed by atoms with Crippen molar-refractivity contribution in [2.75, 3.05) is 0 Å². The monoisotopic (exact) mass is 134 g/mol. The molecule has 0 spiro atoms. The number of hydrogen-bond donors (Lipinski definition) is 0. The number of hydrogen-bond acceptors (Lipinski definition) is 1. The van der Waals surface area contributed by atoms with Crippen LogP contribution in [0.3, 0.4) is 0 Å². The van der Waals surface area contributed by atoms with Gasteiger partial charge in [-0.1, -0.05) is 32.8 Å². The van der Waals surface area contributed by atoms with E-state index in [0.717, 1.165) is 12.8 Å². The Morgan fingerprint density at radius 2 is 2.00 bits per heavy atom. The molecule has 0 unspecified atom stereocenters. The van der Waals surface area contributed by atoms with Crippen LogP contribution in [0.4, 0.5) is 0 Å². The van der Waals surface area contributed by atoms with E-state index in [1.54, 1.807) is 13.0 Å². The third-order valence-electron chi connectivity index (χ3n) is 1.24. The van der Waals surface area contributed by atoms with Crippen molar-refractivity contribution in [2.45, 2.75) is 39.5 Å². The molecule has 0 fully saturated rings. The third kappa shape index (κ3) is 11.0. The molecule has 0 saturated carbocycles. The maximum atomic E-state index is 10.4. The Balaban J connectivity index is 0. The van der Waals surface area contributed by atoms with Crippen LogP contribution in [-0.4, -0.2) is 0 Å². The predicted molar refractivity (Wildman–Crippen MR) is 37.9 cm³/mol. The van der Waals surface area contributed by atoms with Gasteiger partial charge in [-0.25, -0.2) is 0 Å². The van der Waals surface area contributed by atoms with E-state index in [4.69, 9.17) is 0 Å². The summed E-state index contributed by atoms with van der Waals surface area (Å²) in [5.41, 5.74) is 0. The fraction of sp³-hybridized carbons (Fsp3) is 0.750. The van der Waals surface area contributed by atoms with Gasteiger partial charge >= 0.3 is 18.9 Å². The Hall–Kier alpha value is 0.137. The molecule has 0 aliphatic heterocycles. The van der Waals surface area contributed by atoms with Gasteiger partial charge in [0, 0.05) is 0 Å². The fourth-order valence-electron chi connectivity index (χ4n) is 0.700. The Kier molecular flexibility index (Phi) is 11.7. The topological polar surface area (TPSA) is 23.1 Å². The van der Waals surface area contributed by atoms with E-state index < -0.39 is 0 Å². The van der Waals surface area contributed by atoms with Crippen LogP contribution in [0.25, 0.3) is 0 Å². The van der Waals surface area contributed by atoms with Crippen molar-refractivity contribution in [3.05, 3.63) is 11.8 Å². The van der Waals surface area contributed by atoms with Gasteiger partial charge in [0.15, 0.2) is 0 Å². The molecule has 0 aliphatic rings. The molecule has 1 nitrogen and oxygen atoms in total. The summed E-state index contributed by atoms with van der Waals surface area (Å²) < 4.78 is 0. The average Bonchev–Trinajstić information content (AvgIpc) is 1.80. The van der Waals surface area contributed by atoms with Gasteiger partial charge in [-0.15, -0.1) is 5.76 Å². The molecule has 54 valence electrons. The van der Waals surface area contributed by atoms with Crippen LogP contribution in [0.1, 0.15) is 39.5 Å². The maximum Gasteiger partial charge on any atom is 1.00 e. The largest absolute Gasteiger partial charge is 1.00 e. The zero-order valence-corrected chi connectivity index (χ0v) is 7.31. The van der Waals surface area contributed by atoms with Crippen LogP contribution < -0.4 is 24.0 Å². The van der Waals surface area contributed by atoms with E-state index in [0.29, 0.717) is 0 Å². The number of rotatable bonds is 4. The van der Waals surface area contributed by atoms with Crippen molar-refractivity contribution in [2.24, 2.45) is 0 Å². The molecule has 0 aromatic carbocycles. The number of unbranched alkanes of at least 4 members (excludes halogenated alkanes) is 3. The van der Waals surface area contributed by atoms with Gasteiger partial charge in [0.25, 0.3) is 0 Å². The second-order valence-electron chi connectivity index (χ2n) is 2.31. The standard InChI is InChI=1S/C8H16O.Li/c1-3-4-5-6-7-8(2)9;/h7,9H,3-6H2,1-2H3;/q;+1/p-1/b8-7-;. The van der Waals surface area contributed by atoms with E-state index in [1.807, 2.05) is 0 Å². The number of allylic oxidation sites excluding steroid dienone is 2. The minimum Gasteiger partial charge on any atom is -0.876 e. The third-order valence-corrected chi connectivity index (χ3v) is 1.24. The summed E-state index contributed by atoms with van der Waals surface area (Å²) in [6, 6.07) is 0. The van der Waals surface area contributed by atoms with Crippen LogP contribution in [0.2, 0.25) is 0 Å². The van der Waals surface area contributed by atoms with E-state index in [1.165, 1.54) is 12.8 Å². The molecule has 0 N–H and O–H groups in total. The summed E-state index contributed by atoms with van der Waals surface area (Å²) in [5, 5.41) is 10.4. The minimum atomic E-state index is 0. The first-order valence-electron chi connectivity index (χ1n) is 3.61. The maximum absolute atomic E-state index is 10.4. The van der Waals surface area contributed by atoms with Crippen LogP contribution >= 0.6 is 0 Å². The Bertz CT molecular complexity index is 85.3. The molecule has 0 aromatic heterocycles. The van der Waals surface area contributed by atoms with Gasteiger partial charge in [0.05, 0.1) is 0 Å². The summed E-state index contributed by atoms with van der Waals surface area (Å²) in [7, 11) is 0. The van der Waals surface area contributed by atoms with E-state index in [2.05, 4.69) is 6.92 Å². The van der Waals surface area contributed by atoms with Crippen molar-refractivity contribution in [3.63, 3.8) is 0 Å². The Labute approximate surface area is 75.7 Å². The first kappa shape index (κ1) is 12.8. The van der Waals surface area contributed by atoms with Crippen LogP contribution in [0.5, 0.6) is 0 Å². The van der Waals surface area contributed by atoms with Gasteiger partial charge in [-0.2, -0.15) is 0 Å². The molecule has 0 bridgehead atoms. The zero-order chi connectivity index (χ0) is 7.11. The van der Waals surface area contributed by atoms with E-state index >= 15 is 0 Å². The van der Waals surface area contributed by atoms with Crippen LogP contribution in [0.15, 0.2) is 11.8 Å². The molecular formula is C8H15LiO. The molecule has 0 radical (unpaired) electrons. The van der Waals surface area contributed by atoms with Crippen molar-refractivity contribution in [1.29, 1.82) is 0 Å². The molecule has 0 aromatic rings. The molecule has 0 rings (SSSR count). The summed E-state index contributed by atoms with van der Waals surface area (Å²) in [5.74, 6) is 0.200. The zero-order valence-electron chi connectivity index (χ0n) is 7.31. The predicted octanol–water partition coefficient (Wildman–Crippen LogP) is -1.17. The average molecular weight is 134 g/mol. The van der Waals surface area contributed by atoms with Gasteiger partial charge in [-0.3, -0.25) is 0 Å². The molecule has 0 aliphatic carbocycles. The van der Waals surface area contributed by atoms with Crippen LogP contribution in [0, 0.1) is 0 Å². The molecule has 0 amide bonds. The van der Waals surface area contributed by atoms with Gasteiger partial charge in [-0.05, 0) is 12.8 Å². The Morgan fingerprint density at radius 3 is 2.40 bits per heavy atom. The summed E-state index contributed by atoms with van der Waals surface area (Å²) in [6.07, 6.45) is 6.35. The fourth-order valence-corrected chi connectivity index (χ4v) is 0.700. The van der Waals surface area contributed by atoms with Crippen molar-refractivity contribution in [1.82, 2.24) is 0 Å². The van der Waals surface area contributed by atoms with Crippen molar-refractivity contribution >= 4 is 0 Å². The van der Waals surface area contributed by atoms with Gasteiger partial charge in [0.1, 0.15) is 0 Å². The second kappa shape index (κ2) is 9.14. The van der Waals surface area contributed by atoms with Crippen molar-refractivity contribution in [3.8, 4) is 0 Å². The SMILES string of the molecule is CCCCC/C=C(/C)[O-].[Li+]. The smallest absolute Gasteiger partial charge is 0.876 e. The molecule has 10 heavy (non-hydrogen) atoms. The normalized spacial score (nSPS) is 10.8. The van der Waals surface area contributed by atoms with Crippen molar-refractivity contribution < 1.29 is 24.0 Å².